The second kappa shape index (κ2) is 7.81. The quantitative estimate of drug-likeness (QED) is 0.724. The van der Waals surface area contributed by atoms with Crippen LogP contribution in [0.1, 0.15) is 66.7 Å². The van der Waals surface area contributed by atoms with Crippen LogP contribution < -0.4 is 0 Å². The fraction of sp³-hybridized carbons (Fsp3) is 0.882. The molecular formula is C17H32N2O2. The zero-order valence-corrected chi connectivity index (χ0v) is 14.4. The molecule has 1 aliphatic rings. The van der Waals surface area contributed by atoms with Gasteiger partial charge in [-0.25, -0.2) is 0 Å². The SMILES string of the molecule is CCCCN(CCCC)C(=O)C1CC(=O)N(C(C)(C)C)C1. The maximum Gasteiger partial charge on any atom is 0.227 e. The first kappa shape index (κ1) is 18.0. The minimum atomic E-state index is -0.191. The monoisotopic (exact) mass is 296 g/mol. The molecule has 1 aliphatic heterocycles. The Labute approximate surface area is 129 Å². The molecule has 21 heavy (non-hydrogen) atoms. The molecule has 1 heterocycles. The molecule has 0 aromatic carbocycles. The molecule has 1 unspecified atom stereocenters. The van der Waals surface area contributed by atoms with Crippen LogP contribution in [0.25, 0.3) is 0 Å². The van der Waals surface area contributed by atoms with Gasteiger partial charge in [-0.1, -0.05) is 26.7 Å². The summed E-state index contributed by atoms with van der Waals surface area (Å²) in [6.07, 6.45) is 4.64. The van der Waals surface area contributed by atoms with Crippen LogP contribution >= 0.6 is 0 Å². The number of nitrogens with zero attached hydrogens (tertiary/aromatic N) is 2. The normalized spacial score (nSPS) is 19.2. The Hall–Kier alpha value is -1.06. The van der Waals surface area contributed by atoms with E-state index in [9.17, 15) is 9.59 Å². The van der Waals surface area contributed by atoms with Crippen LogP contribution in [0.5, 0.6) is 0 Å². The molecule has 1 rings (SSSR count). The lowest BCUT2D eigenvalue weighted by Crippen LogP contribution is -2.44. The summed E-state index contributed by atoms with van der Waals surface area (Å²) < 4.78 is 0. The molecule has 122 valence electrons. The Morgan fingerprint density at radius 2 is 1.71 bits per heavy atom. The standard InChI is InChI=1S/C17H32N2O2/c1-6-8-10-18(11-9-7-2)16(21)14-12-15(20)19(13-14)17(3,4)5/h14H,6-13H2,1-5H3. The maximum absolute atomic E-state index is 12.7. The highest BCUT2D eigenvalue weighted by Gasteiger charge is 2.40. The number of carbonyl (C=O) groups excluding carboxylic acids is 2. The van der Waals surface area contributed by atoms with Gasteiger partial charge < -0.3 is 9.80 Å². The van der Waals surface area contributed by atoms with Gasteiger partial charge in [0.15, 0.2) is 0 Å². The number of likely N-dealkylation sites (tertiary alicyclic amines) is 1. The third-order valence-electron chi connectivity index (χ3n) is 4.16. The Kier molecular flexibility index (Phi) is 6.69. The zero-order valence-electron chi connectivity index (χ0n) is 14.4. The van der Waals surface area contributed by atoms with Crippen molar-refractivity contribution in [3.8, 4) is 0 Å². The number of carbonyl (C=O) groups is 2. The van der Waals surface area contributed by atoms with Gasteiger partial charge in [-0.3, -0.25) is 9.59 Å². The molecule has 0 aliphatic carbocycles. The molecule has 1 fully saturated rings. The van der Waals surface area contributed by atoms with Crippen molar-refractivity contribution in [2.75, 3.05) is 19.6 Å². The molecule has 1 saturated heterocycles. The van der Waals surface area contributed by atoms with E-state index in [0.29, 0.717) is 13.0 Å². The van der Waals surface area contributed by atoms with Gasteiger partial charge in [0, 0.05) is 31.6 Å². The fourth-order valence-corrected chi connectivity index (χ4v) is 2.81. The van der Waals surface area contributed by atoms with E-state index in [1.807, 2.05) is 30.6 Å². The molecule has 1 atom stereocenters. The molecule has 0 aromatic heterocycles. The van der Waals surface area contributed by atoms with E-state index >= 15 is 0 Å². The van der Waals surface area contributed by atoms with Crippen LogP contribution in [-0.2, 0) is 9.59 Å². The van der Waals surface area contributed by atoms with Crippen LogP contribution in [0.4, 0.5) is 0 Å². The molecule has 0 spiro atoms. The Morgan fingerprint density at radius 3 is 2.10 bits per heavy atom. The second-order valence-electron chi connectivity index (χ2n) is 7.11. The Morgan fingerprint density at radius 1 is 1.19 bits per heavy atom. The molecule has 0 bridgehead atoms. The minimum Gasteiger partial charge on any atom is -0.342 e. The average Bonchev–Trinajstić information content (AvgIpc) is 2.80. The summed E-state index contributed by atoms with van der Waals surface area (Å²) in [7, 11) is 0. The van der Waals surface area contributed by atoms with Crippen LogP contribution in [-0.4, -0.2) is 46.8 Å². The maximum atomic E-state index is 12.7. The van der Waals surface area contributed by atoms with Gasteiger partial charge in [-0.15, -0.1) is 0 Å². The van der Waals surface area contributed by atoms with Gasteiger partial charge in [0.25, 0.3) is 0 Å². The van der Waals surface area contributed by atoms with E-state index in [1.54, 1.807) is 0 Å². The third kappa shape index (κ3) is 5.01. The van der Waals surface area contributed by atoms with Crippen molar-refractivity contribution in [1.29, 1.82) is 0 Å². The third-order valence-corrected chi connectivity index (χ3v) is 4.16. The van der Waals surface area contributed by atoms with Gasteiger partial charge in [0.1, 0.15) is 0 Å². The number of amides is 2. The molecule has 0 N–H and O–H groups in total. The largest absolute Gasteiger partial charge is 0.342 e. The number of unbranched alkanes of at least 4 members (excludes halogenated alkanes) is 2. The number of hydrogen-bond donors (Lipinski definition) is 0. The van der Waals surface area contributed by atoms with Crippen molar-refractivity contribution in [2.45, 2.75) is 72.3 Å². The van der Waals surface area contributed by atoms with E-state index < -0.39 is 0 Å². The zero-order chi connectivity index (χ0) is 16.0. The van der Waals surface area contributed by atoms with Gasteiger partial charge in [-0.05, 0) is 33.6 Å². The highest BCUT2D eigenvalue weighted by atomic mass is 16.2. The van der Waals surface area contributed by atoms with Gasteiger partial charge in [0.05, 0.1) is 5.92 Å². The minimum absolute atomic E-state index is 0.117. The fourth-order valence-electron chi connectivity index (χ4n) is 2.81. The summed E-state index contributed by atoms with van der Waals surface area (Å²) in [5.74, 6) is 0.147. The number of hydrogen-bond acceptors (Lipinski definition) is 2. The van der Waals surface area contributed by atoms with E-state index in [1.165, 1.54) is 0 Å². The topological polar surface area (TPSA) is 40.6 Å². The molecule has 0 saturated carbocycles. The molecule has 0 aromatic rings. The first-order valence-electron chi connectivity index (χ1n) is 8.40. The van der Waals surface area contributed by atoms with Crippen LogP contribution in [0, 0.1) is 5.92 Å². The van der Waals surface area contributed by atoms with E-state index in [2.05, 4.69) is 13.8 Å². The smallest absolute Gasteiger partial charge is 0.227 e. The van der Waals surface area contributed by atoms with E-state index in [-0.39, 0.29) is 23.3 Å². The summed E-state index contributed by atoms with van der Waals surface area (Å²) in [6, 6.07) is 0. The summed E-state index contributed by atoms with van der Waals surface area (Å²) in [4.78, 5) is 28.7. The van der Waals surface area contributed by atoms with Crippen molar-refractivity contribution in [2.24, 2.45) is 5.92 Å². The first-order valence-corrected chi connectivity index (χ1v) is 8.40. The van der Waals surface area contributed by atoms with Crippen LogP contribution in [0.15, 0.2) is 0 Å². The molecule has 4 heteroatoms. The van der Waals surface area contributed by atoms with Crippen molar-refractivity contribution < 1.29 is 9.59 Å². The first-order chi connectivity index (χ1) is 9.81. The summed E-state index contributed by atoms with van der Waals surface area (Å²) >= 11 is 0. The van der Waals surface area contributed by atoms with Crippen LogP contribution in [0.3, 0.4) is 0 Å². The Bertz CT molecular complexity index is 352. The van der Waals surface area contributed by atoms with E-state index in [0.717, 1.165) is 38.8 Å². The lowest BCUT2D eigenvalue weighted by atomic mass is 10.1. The molecule has 2 amide bonds. The summed E-state index contributed by atoms with van der Waals surface area (Å²) in [5.41, 5.74) is -0.191. The van der Waals surface area contributed by atoms with Crippen molar-refractivity contribution in [3.63, 3.8) is 0 Å². The highest BCUT2D eigenvalue weighted by molar-refractivity contribution is 5.89. The van der Waals surface area contributed by atoms with Gasteiger partial charge in [-0.2, -0.15) is 0 Å². The lowest BCUT2D eigenvalue weighted by molar-refractivity contribution is -0.136. The lowest BCUT2D eigenvalue weighted by Gasteiger charge is -2.32. The van der Waals surface area contributed by atoms with Crippen LogP contribution in [0.2, 0.25) is 0 Å². The van der Waals surface area contributed by atoms with Crippen molar-refractivity contribution >= 4 is 11.8 Å². The second-order valence-corrected chi connectivity index (χ2v) is 7.11. The highest BCUT2D eigenvalue weighted by Crippen LogP contribution is 2.27. The summed E-state index contributed by atoms with van der Waals surface area (Å²) in [6.45, 7) is 12.6. The molecule has 0 radical (unpaired) electrons. The van der Waals surface area contributed by atoms with E-state index in [4.69, 9.17) is 0 Å². The van der Waals surface area contributed by atoms with Gasteiger partial charge in [0.2, 0.25) is 11.8 Å². The molecule has 4 nitrogen and oxygen atoms in total. The Balaban J connectivity index is 2.69. The predicted octanol–water partition coefficient (Wildman–Crippen LogP) is 3.06. The molecular weight excluding hydrogens is 264 g/mol. The summed E-state index contributed by atoms with van der Waals surface area (Å²) in [5, 5.41) is 0. The predicted molar refractivity (Wildman–Crippen MR) is 86.0 cm³/mol. The van der Waals surface area contributed by atoms with Crippen molar-refractivity contribution in [3.05, 3.63) is 0 Å². The number of rotatable bonds is 7. The average molecular weight is 296 g/mol. The van der Waals surface area contributed by atoms with Crippen molar-refractivity contribution in [1.82, 2.24) is 9.80 Å². The van der Waals surface area contributed by atoms with Gasteiger partial charge >= 0.3 is 0 Å².